The number of hydrogen-bond acceptors (Lipinski definition) is 16. The van der Waals surface area contributed by atoms with Crippen LogP contribution in [0.1, 0.15) is 19.8 Å². The lowest BCUT2D eigenvalue weighted by Crippen LogP contribution is -2.69. The van der Waals surface area contributed by atoms with Crippen LogP contribution in [0.4, 0.5) is 0 Å². The molecule has 3 aliphatic rings. The van der Waals surface area contributed by atoms with E-state index in [0.29, 0.717) is 12.2 Å². The zero-order chi connectivity index (χ0) is 31.2. The van der Waals surface area contributed by atoms with Crippen LogP contribution in [0.5, 0.6) is 0 Å². The lowest BCUT2D eigenvalue weighted by atomic mass is 9.84. The smallest absolute Gasteiger partial charge is 0.215 e. The maximum absolute atomic E-state index is 12.6. The van der Waals surface area contributed by atoms with E-state index in [1.807, 2.05) is 0 Å². The molecule has 17 nitrogen and oxygen atoms in total. The first-order chi connectivity index (χ1) is 19.7. The van der Waals surface area contributed by atoms with Gasteiger partial charge < -0.3 is 72.3 Å². The van der Waals surface area contributed by atoms with Crippen LogP contribution < -0.4 is 32.6 Å². The van der Waals surface area contributed by atoms with Gasteiger partial charge in [-0.3, -0.25) is 0 Å². The molecule has 0 aromatic carbocycles. The Bertz CT molecular complexity index is 992. The number of likely N-dealkylation sites (N-methyl/N-ethyl adjacent to an activating group) is 1. The summed E-state index contributed by atoms with van der Waals surface area (Å²) in [4.78, 5) is 0. The van der Waals surface area contributed by atoms with Crippen LogP contribution in [0.15, 0.2) is 11.8 Å². The number of nitrogens with two attached hydrogens (primary N) is 3. The third-order valence-corrected chi connectivity index (χ3v) is 9.02. The predicted octanol–water partition coefficient (Wildman–Crippen LogP) is -5.95. The second-order valence-corrected chi connectivity index (χ2v) is 13.1. The molecule has 246 valence electrons. The van der Waals surface area contributed by atoms with Crippen LogP contribution >= 0.6 is 0 Å². The molecular weight excluding hydrogens is 580 g/mol. The van der Waals surface area contributed by atoms with E-state index in [2.05, 4.69) is 15.4 Å². The molecule has 0 amide bonds. The lowest BCUT2D eigenvalue weighted by molar-refractivity contribution is -0.303. The van der Waals surface area contributed by atoms with Gasteiger partial charge in [-0.05, 0) is 32.9 Å². The van der Waals surface area contributed by atoms with Crippen molar-refractivity contribution >= 4 is 10.0 Å². The van der Waals surface area contributed by atoms with E-state index < -0.39 is 89.5 Å². The molecule has 1 saturated carbocycles. The molecular formula is C24H48N6O11S. The zero-order valence-electron chi connectivity index (χ0n) is 23.9. The van der Waals surface area contributed by atoms with E-state index >= 15 is 0 Å². The molecule has 0 radical (unpaired) electrons. The first-order valence-corrected chi connectivity index (χ1v) is 15.6. The Morgan fingerprint density at radius 2 is 1.86 bits per heavy atom. The van der Waals surface area contributed by atoms with Crippen molar-refractivity contribution < 1.29 is 52.9 Å². The zero-order valence-corrected chi connectivity index (χ0v) is 24.7. The number of sulfonamides is 1. The fraction of sp³-hybridized carbons (Fsp3) is 0.917. The molecule has 1 saturated heterocycles. The summed E-state index contributed by atoms with van der Waals surface area (Å²) in [5.41, 5.74) is 16.6. The van der Waals surface area contributed by atoms with E-state index in [4.69, 9.17) is 41.3 Å². The first kappa shape index (κ1) is 35.4. The Balaban J connectivity index is 1.77. The van der Waals surface area contributed by atoms with E-state index in [0.717, 1.165) is 0 Å². The van der Waals surface area contributed by atoms with E-state index in [9.17, 15) is 28.8 Å². The molecule has 0 spiro atoms. The number of nitrogens with one attached hydrogen (secondary N) is 3. The Hall–Kier alpha value is -1.07. The van der Waals surface area contributed by atoms with Crippen molar-refractivity contribution in [1.29, 1.82) is 0 Å². The standard InChI is InChI=1S/C24H48N6O11S/c1-24(35)11-38-23(18(34)21(24)28-2)41-20-16(30-42(36,37)6-5-25)7-15(27)19(17(20)33)40-22-14(26)4-3-13(39-22)9-29-8-12(32)10-31/h3,12,14-23,28-35H,4-11,25-27H2,1-2H3/t12?,14-,15+,16-,17+,18-,19-,20+,21-,22-,23-,24+/m1/s1. The molecule has 0 aromatic heterocycles. The van der Waals surface area contributed by atoms with Gasteiger partial charge in [0.1, 0.15) is 35.8 Å². The molecule has 2 heterocycles. The molecule has 0 bridgehead atoms. The molecule has 12 atom stereocenters. The molecule has 42 heavy (non-hydrogen) atoms. The normalized spacial score (nSPS) is 40.3. The van der Waals surface area contributed by atoms with Gasteiger partial charge in [-0.25, -0.2) is 13.1 Å². The monoisotopic (exact) mass is 628 g/mol. The van der Waals surface area contributed by atoms with Crippen LogP contribution in [-0.4, -0.2) is 152 Å². The van der Waals surface area contributed by atoms with E-state index in [1.165, 1.54) is 6.92 Å². The van der Waals surface area contributed by atoms with Gasteiger partial charge in [0, 0.05) is 19.1 Å². The third-order valence-electron chi connectivity index (χ3n) is 7.58. The molecule has 18 heteroatoms. The van der Waals surface area contributed by atoms with Crippen molar-refractivity contribution in [2.45, 2.75) is 92.6 Å². The van der Waals surface area contributed by atoms with Gasteiger partial charge in [0.25, 0.3) is 0 Å². The van der Waals surface area contributed by atoms with Gasteiger partial charge in [-0.1, -0.05) is 0 Å². The van der Waals surface area contributed by atoms with Crippen LogP contribution in [-0.2, 0) is 29.0 Å². The average Bonchev–Trinajstić information content (AvgIpc) is 2.91. The summed E-state index contributed by atoms with van der Waals surface area (Å²) in [7, 11) is -2.34. The molecule has 1 unspecified atom stereocenters. The number of aliphatic hydroxyl groups excluding tert-OH is 4. The quantitative estimate of drug-likeness (QED) is 0.0853. The third kappa shape index (κ3) is 8.99. The first-order valence-electron chi connectivity index (χ1n) is 14.0. The number of hydrogen-bond donors (Lipinski definition) is 11. The number of aliphatic hydroxyl groups is 5. The predicted molar refractivity (Wildman–Crippen MR) is 149 cm³/mol. The summed E-state index contributed by atoms with van der Waals surface area (Å²) < 4.78 is 51.3. The van der Waals surface area contributed by atoms with Crippen molar-refractivity contribution in [2.75, 3.05) is 45.6 Å². The van der Waals surface area contributed by atoms with Gasteiger partial charge in [0.15, 0.2) is 6.29 Å². The topological polar surface area (TPSA) is 286 Å². The highest BCUT2D eigenvalue weighted by Crippen LogP contribution is 2.32. The summed E-state index contributed by atoms with van der Waals surface area (Å²) in [6.45, 7) is 1.07. The molecule has 3 rings (SSSR count). The molecule has 14 N–H and O–H groups in total. The van der Waals surface area contributed by atoms with Gasteiger partial charge in [0.2, 0.25) is 16.3 Å². The number of rotatable bonds is 14. The van der Waals surface area contributed by atoms with Gasteiger partial charge in [-0.15, -0.1) is 0 Å². The van der Waals surface area contributed by atoms with Gasteiger partial charge in [-0.2, -0.15) is 0 Å². The highest BCUT2D eigenvalue weighted by Gasteiger charge is 2.52. The van der Waals surface area contributed by atoms with E-state index in [1.54, 1.807) is 13.1 Å². The van der Waals surface area contributed by atoms with E-state index in [-0.39, 0.29) is 38.4 Å². The van der Waals surface area contributed by atoms with Crippen molar-refractivity contribution in [1.82, 2.24) is 15.4 Å². The van der Waals surface area contributed by atoms with Gasteiger partial charge >= 0.3 is 0 Å². The summed E-state index contributed by atoms with van der Waals surface area (Å²) in [6, 6.07) is -3.42. The van der Waals surface area contributed by atoms with Crippen molar-refractivity contribution in [3.05, 3.63) is 11.8 Å². The average molecular weight is 629 g/mol. The fourth-order valence-electron chi connectivity index (χ4n) is 5.36. The Morgan fingerprint density at radius 3 is 2.50 bits per heavy atom. The molecule has 2 aliphatic heterocycles. The SMILES string of the molecule is CN[C@@H]1[C@@H](O)[C@@H](O[C@@H]2[C@@H](O)[C@H](O[C@H]3OC(CNCC(O)CO)=CC[C@H]3N)[C@@H](N)C[C@H]2NS(=O)(=O)CCN)OC[C@]1(C)O. The summed E-state index contributed by atoms with van der Waals surface area (Å²) in [6.07, 6.45) is -6.58. The maximum atomic E-state index is 12.6. The Labute approximate surface area is 245 Å². The van der Waals surface area contributed by atoms with Crippen molar-refractivity contribution in [3.8, 4) is 0 Å². The van der Waals surface area contributed by atoms with Crippen LogP contribution in [0.25, 0.3) is 0 Å². The second kappa shape index (κ2) is 15.3. The minimum Gasteiger partial charge on any atom is -0.467 e. The minimum absolute atomic E-state index is 0.0303. The van der Waals surface area contributed by atoms with Crippen molar-refractivity contribution in [3.63, 3.8) is 0 Å². The Kier molecular flexibility index (Phi) is 12.9. The second-order valence-electron chi connectivity index (χ2n) is 11.2. The largest absolute Gasteiger partial charge is 0.467 e. The lowest BCUT2D eigenvalue weighted by Gasteiger charge is -2.48. The fourth-order valence-corrected chi connectivity index (χ4v) is 6.48. The summed E-state index contributed by atoms with van der Waals surface area (Å²) >= 11 is 0. The molecule has 0 aromatic rings. The highest BCUT2D eigenvalue weighted by molar-refractivity contribution is 7.89. The highest BCUT2D eigenvalue weighted by atomic mass is 32.2. The maximum Gasteiger partial charge on any atom is 0.215 e. The summed E-state index contributed by atoms with van der Waals surface area (Å²) in [5, 5.41) is 57.3. The molecule has 1 aliphatic carbocycles. The van der Waals surface area contributed by atoms with Crippen LogP contribution in [0.3, 0.4) is 0 Å². The van der Waals surface area contributed by atoms with Crippen LogP contribution in [0.2, 0.25) is 0 Å². The van der Waals surface area contributed by atoms with Gasteiger partial charge in [0.05, 0.1) is 49.7 Å². The number of ether oxygens (including phenoxy) is 4. The Morgan fingerprint density at radius 1 is 1.17 bits per heavy atom. The minimum atomic E-state index is -3.89. The summed E-state index contributed by atoms with van der Waals surface area (Å²) in [5.74, 6) is 0.0904. The molecule has 2 fully saturated rings. The van der Waals surface area contributed by atoms with Crippen LogP contribution in [0, 0.1) is 0 Å². The van der Waals surface area contributed by atoms with Crippen molar-refractivity contribution in [2.24, 2.45) is 17.2 Å².